The number of β-amino-alcohol motifs (C(OH)–C–C–N with tert-alkyl or cyclic N) is 1. The van der Waals surface area contributed by atoms with Crippen molar-refractivity contribution in [3.63, 3.8) is 0 Å². The summed E-state index contributed by atoms with van der Waals surface area (Å²) >= 11 is 3.50. The number of likely N-dealkylation sites (tertiary alicyclic amines) is 1. The van der Waals surface area contributed by atoms with Crippen molar-refractivity contribution in [1.29, 1.82) is 0 Å². The molecule has 1 saturated heterocycles. The maximum absolute atomic E-state index is 9.32. The van der Waals surface area contributed by atoms with Crippen molar-refractivity contribution in [3.05, 3.63) is 0 Å². The number of halogens is 1. The van der Waals surface area contributed by atoms with E-state index in [-0.39, 0.29) is 6.10 Å². The number of hydrogen-bond acceptors (Lipinski definition) is 2. The number of aliphatic hydroxyl groups is 1. The van der Waals surface area contributed by atoms with Crippen LogP contribution in [0.4, 0.5) is 0 Å². The summed E-state index contributed by atoms with van der Waals surface area (Å²) in [6, 6.07) is 0. The third-order valence-corrected chi connectivity index (χ3v) is 3.78. The highest BCUT2D eigenvalue weighted by Crippen LogP contribution is 2.22. The van der Waals surface area contributed by atoms with Crippen molar-refractivity contribution in [2.45, 2.75) is 26.4 Å². The smallest absolute Gasteiger partial charge is 0.0679 e. The number of aliphatic hydroxyl groups excluding tert-OH is 1. The number of rotatable bonds is 3. The topological polar surface area (TPSA) is 23.5 Å². The van der Waals surface area contributed by atoms with Crippen molar-refractivity contribution < 1.29 is 5.11 Å². The monoisotopic (exact) mass is 235 g/mol. The standard InChI is InChI=1S/C9H18BrNO/c1-9(2,6-10)7-11-4-3-8(12)5-11/h8,12H,3-7H2,1-2H3. The van der Waals surface area contributed by atoms with Gasteiger partial charge in [0.25, 0.3) is 0 Å². The highest BCUT2D eigenvalue weighted by molar-refractivity contribution is 9.09. The SMILES string of the molecule is CC(C)(CBr)CN1CCC(O)C1. The first-order valence-corrected chi connectivity index (χ1v) is 5.62. The fourth-order valence-electron chi connectivity index (χ4n) is 1.60. The summed E-state index contributed by atoms with van der Waals surface area (Å²) in [6.45, 7) is 7.47. The zero-order valence-electron chi connectivity index (χ0n) is 7.89. The molecule has 72 valence electrons. The van der Waals surface area contributed by atoms with Crippen LogP contribution in [0.3, 0.4) is 0 Å². The average Bonchev–Trinajstić information content (AvgIpc) is 2.35. The number of nitrogens with zero attached hydrogens (tertiary/aromatic N) is 1. The third kappa shape index (κ3) is 3.04. The molecule has 1 rings (SSSR count). The Bertz CT molecular complexity index is 149. The molecule has 0 spiro atoms. The van der Waals surface area contributed by atoms with Gasteiger partial charge in [-0.15, -0.1) is 0 Å². The summed E-state index contributed by atoms with van der Waals surface area (Å²) in [4.78, 5) is 2.34. The second kappa shape index (κ2) is 4.07. The molecule has 1 aliphatic rings. The van der Waals surface area contributed by atoms with Crippen LogP contribution >= 0.6 is 15.9 Å². The Morgan fingerprint density at radius 3 is 2.67 bits per heavy atom. The van der Waals surface area contributed by atoms with Crippen LogP contribution in [0, 0.1) is 5.41 Å². The van der Waals surface area contributed by atoms with E-state index < -0.39 is 0 Å². The first kappa shape index (κ1) is 10.5. The summed E-state index contributed by atoms with van der Waals surface area (Å²) in [5.41, 5.74) is 0.323. The van der Waals surface area contributed by atoms with E-state index in [0.29, 0.717) is 5.41 Å². The van der Waals surface area contributed by atoms with Crippen LogP contribution in [0.15, 0.2) is 0 Å². The van der Waals surface area contributed by atoms with Crippen LogP contribution in [0.5, 0.6) is 0 Å². The van der Waals surface area contributed by atoms with Gasteiger partial charge in [0.05, 0.1) is 6.10 Å². The Morgan fingerprint density at radius 2 is 2.25 bits per heavy atom. The minimum Gasteiger partial charge on any atom is -0.392 e. The van der Waals surface area contributed by atoms with E-state index in [9.17, 15) is 5.11 Å². The maximum Gasteiger partial charge on any atom is 0.0679 e. The lowest BCUT2D eigenvalue weighted by atomic mass is 9.96. The third-order valence-electron chi connectivity index (χ3n) is 2.26. The molecule has 0 aromatic heterocycles. The minimum absolute atomic E-state index is 0.0869. The first-order valence-electron chi connectivity index (χ1n) is 4.50. The molecule has 0 aromatic carbocycles. The van der Waals surface area contributed by atoms with Crippen LogP contribution in [-0.4, -0.2) is 41.1 Å². The lowest BCUT2D eigenvalue weighted by molar-refractivity contribution is 0.161. The molecule has 0 saturated carbocycles. The molecule has 1 atom stereocenters. The van der Waals surface area contributed by atoms with E-state index in [0.717, 1.165) is 31.4 Å². The molecule has 12 heavy (non-hydrogen) atoms. The van der Waals surface area contributed by atoms with Gasteiger partial charge in [0, 0.05) is 25.0 Å². The van der Waals surface area contributed by atoms with Crippen molar-refractivity contribution in [1.82, 2.24) is 4.90 Å². The van der Waals surface area contributed by atoms with E-state index in [4.69, 9.17) is 0 Å². The fourth-order valence-corrected chi connectivity index (χ4v) is 1.78. The average molecular weight is 236 g/mol. The quantitative estimate of drug-likeness (QED) is 0.750. The molecule has 0 bridgehead atoms. The van der Waals surface area contributed by atoms with Gasteiger partial charge in [-0.1, -0.05) is 29.8 Å². The van der Waals surface area contributed by atoms with Crippen LogP contribution in [0.25, 0.3) is 0 Å². The van der Waals surface area contributed by atoms with Gasteiger partial charge in [-0.25, -0.2) is 0 Å². The molecule has 0 radical (unpaired) electrons. The molecular formula is C9H18BrNO. The highest BCUT2D eigenvalue weighted by atomic mass is 79.9. The van der Waals surface area contributed by atoms with Crippen molar-refractivity contribution in [3.8, 4) is 0 Å². The molecule has 3 heteroatoms. The molecule has 1 heterocycles. The summed E-state index contributed by atoms with van der Waals surface area (Å²) < 4.78 is 0. The first-order chi connectivity index (χ1) is 5.53. The van der Waals surface area contributed by atoms with E-state index in [1.54, 1.807) is 0 Å². The summed E-state index contributed by atoms with van der Waals surface area (Å²) in [5.74, 6) is 0. The van der Waals surface area contributed by atoms with Gasteiger partial charge >= 0.3 is 0 Å². The minimum atomic E-state index is -0.0869. The molecule has 1 fully saturated rings. The van der Waals surface area contributed by atoms with Crippen molar-refractivity contribution in [2.75, 3.05) is 25.0 Å². The molecule has 2 nitrogen and oxygen atoms in total. The zero-order valence-corrected chi connectivity index (χ0v) is 9.47. The van der Waals surface area contributed by atoms with Gasteiger partial charge < -0.3 is 10.0 Å². The van der Waals surface area contributed by atoms with Crippen LogP contribution in [-0.2, 0) is 0 Å². The van der Waals surface area contributed by atoms with Gasteiger partial charge in [0.15, 0.2) is 0 Å². The van der Waals surface area contributed by atoms with E-state index in [1.807, 2.05) is 0 Å². The van der Waals surface area contributed by atoms with E-state index >= 15 is 0 Å². The lowest BCUT2D eigenvalue weighted by Crippen LogP contribution is -2.34. The largest absolute Gasteiger partial charge is 0.392 e. The maximum atomic E-state index is 9.32. The van der Waals surface area contributed by atoms with Gasteiger partial charge in [0.2, 0.25) is 0 Å². The van der Waals surface area contributed by atoms with E-state index in [1.165, 1.54) is 0 Å². The molecule has 1 aliphatic heterocycles. The van der Waals surface area contributed by atoms with E-state index in [2.05, 4.69) is 34.7 Å². The zero-order chi connectivity index (χ0) is 9.19. The normalized spacial score (nSPS) is 26.5. The Morgan fingerprint density at radius 1 is 1.58 bits per heavy atom. The van der Waals surface area contributed by atoms with Gasteiger partial charge in [-0.2, -0.15) is 0 Å². The highest BCUT2D eigenvalue weighted by Gasteiger charge is 2.26. The van der Waals surface area contributed by atoms with Crippen LogP contribution in [0.1, 0.15) is 20.3 Å². The Hall–Kier alpha value is 0.400. The molecule has 0 aliphatic carbocycles. The number of alkyl halides is 1. The van der Waals surface area contributed by atoms with Crippen LogP contribution in [0.2, 0.25) is 0 Å². The predicted molar refractivity (Wildman–Crippen MR) is 54.6 cm³/mol. The predicted octanol–water partition coefficient (Wildman–Crippen LogP) is 1.47. The number of hydrogen-bond donors (Lipinski definition) is 1. The van der Waals surface area contributed by atoms with Gasteiger partial charge in [-0.3, -0.25) is 0 Å². The summed E-state index contributed by atoms with van der Waals surface area (Å²) in [6.07, 6.45) is 0.856. The Labute approximate surface area is 83.1 Å². The molecule has 1 unspecified atom stereocenters. The van der Waals surface area contributed by atoms with Gasteiger partial charge in [0.1, 0.15) is 0 Å². The lowest BCUT2D eigenvalue weighted by Gasteiger charge is -2.27. The second-order valence-electron chi connectivity index (χ2n) is 4.48. The Balaban J connectivity index is 2.32. The van der Waals surface area contributed by atoms with Crippen molar-refractivity contribution >= 4 is 15.9 Å². The van der Waals surface area contributed by atoms with Crippen molar-refractivity contribution in [2.24, 2.45) is 5.41 Å². The fraction of sp³-hybridized carbons (Fsp3) is 1.00. The molecule has 0 amide bonds. The molecule has 0 aromatic rings. The summed E-state index contributed by atoms with van der Waals surface area (Å²) in [5, 5.41) is 10.3. The van der Waals surface area contributed by atoms with Crippen LogP contribution < -0.4 is 0 Å². The Kier molecular flexibility index (Phi) is 3.56. The molecular weight excluding hydrogens is 218 g/mol. The second-order valence-corrected chi connectivity index (χ2v) is 5.04. The van der Waals surface area contributed by atoms with Gasteiger partial charge in [-0.05, 0) is 11.8 Å². The summed E-state index contributed by atoms with van der Waals surface area (Å²) in [7, 11) is 0. The molecule has 1 N–H and O–H groups in total.